The predicted octanol–water partition coefficient (Wildman–Crippen LogP) is 3.53. The highest BCUT2D eigenvalue weighted by molar-refractivity contribution is 6.28. The number of hydrogen-bond acceptors (Lipinski definition) is 3. The summed E-state index contributed by atoms with van der Waals surface area (Å²) in [5.41, 5.74) is 2.26. The van der Waals surface area contributed by atoms with Crippen LogP contribution >= 0.6 is 0 Å². The molecule has 4 heteroatoms. The molecule has 0 fully saturated rings. The highest BCUT2D eigenvalue weighted by Gasteiger charge is 2.28. The molecule has 0 N–H and O–H groups in total. The van der Waals surface area contributed by atoms with Gasteiger partial charge in [0.1, 0.15) is 11.5 Å². The number of hydrogen-bond donors (Lipinski definition) is 0. The molecule has 2 aromatic rings. The van der Waals surface area contributed by atoms with E-state index in [1.807, 2.05) is 56.3 Å². The van der Waals surface area contributed by atoms with Crippen LogP contribution in [0.3, 0.4) is 0 Å². The molecular weight excluding hydrogens is 278 g/mol. The number of para-hydroxylation sites is 1. The van der Waals surface area contributed by atoms with Crippen LogP contribution < -0.4 is 9.64 Å². The van der Waals surface area contributed by atoms with Crippen molar-refractivity contribution in [2.45, 2.75) is 13.8 Å². The van der Waals surface area contributed by atoms with Crippen LogP contribution in [0.2, 0.25) is 0 Å². The number of benzene rings is 2. The van der Waals surface area contributed by atoms with Crippen LogP contribution in [0.5, 0.6) is 11.5 Å². The molecular formula is C18H15NO3. The van der Waals surface area contributed by atoms with E-state index in [2.05, 4.69) is 0 Å². The second-order valence-electron chi connectivity index (χ2n) is 5.17. The summed E-state index contributed by atoms with van der Waals surface area (Å²) in [6, 6.07) is 13.1. The first-order valence-corrected chi connectivity index (χ1v) is 6.96. The van der Waals surface area contributed by atoms with E-state index in [1.165, 1.54) is 17.1 Å². The quantitative estimate of drug-likeness (QED) is 0.813. The summed E-state index contributed by atoms with van der Waals surface area (Å²) in [5, 5.41) is 0. The fourth-order valence-corrected chi connectivity index (χ4v) is 2.57. The molecule has 1 heterocycles. The minimum absolute atomic E-state index is 0.312. The van der Waals surface area contributed by atoms with Crippen molar-refractivity contribution in [1.29, 1.82) is 0 Å². The molecule has 0 bridgehead atoms. The molecule has 2 amide bonds. The van der Waals surface area contributed by atoms with E-state index < -0.39 is 0 Å². The Morgan fingerprint density at radius 2 is 1.36 bits per heavy atom. The lowest BCUT2D eigenvalue weighted by Crippen LogP contribution is -2.30. The molecule has 0 radical (unpaired) electrons. The van der Waals surface area contributed by atoms with Crippen LogP contribution in [0, 0.1) is 13.8 Å². The third kappa shape index (κ3) is 2.51. The lowest BCUT2D eigenvalue weighted by Gasteiger charge is -2.20. The van der Waals surface area contributed by atoms with E-state index >= 15 is 0 Å². The minimum Gasteiger partial charge on any atom is -0.457 e. The summed E-state index contributed by atoms with van der Waals surface area (Å²) in [6.45, 7) is 3.72. The lowest BCUT2D eigenvalue weighted by atomic mass is 10.1. The van der Waals surface area contributed by atoms with Gasteiger partial charge in [0.2, 0.25) is 0 Å². The largest absolute Gasteiger partial charge is 0.457 e. The molecule has 0 atom stereocenters. The van der Waals surface area contributed by atoms with Crippen molar-refractivity contribution in [3.63, 3.8) is 0 Å². The van der Waals surface area contributed by atoms with Crippen LogP contribution in [-0.2, 0) is 9.59 Å². The molecule has 0 saturated carbocycles. The molecule has 0 saturated heterocycles. The maximum Gasteiger partial charge on any atom is 0.258 e. The Balaban J connectivity index is 1.95. The van der Waals surface area contributed by atoms with Crippen LogP contribution in [0.4, 0.5) is 5.69 Å². The summed E-state index contributed by atoms with van der Waals surface area (Å²) in [6.07, 6.45) is 2.57. The first-order valence-electron chi connectivity index (χ1n) is 6.96. The Bertz CT molecular complexity index is 737. The molecule has 1 aliphatic heterocycles. The number of imide groups is 1. The first-order chi connectivity index (χ1) is 10.6. The SMILES string of the molecule is Cc1cc(Oc2ccccc2)cc(C)c1N1C(=O)C=CC1=O. The summed E-state index contributed by atoms with van der Waals surface area (Å²) >= 11 is 0. The standard InChI is InChI=1S/C18H15NO3/c1-12-10-15(22-14-6-4-3-5-7-14)11-13(2)18(12)19-16(20)8-9-17(19)21/h3-11H,1-2H3. The molecule has 22 heavy (non-hydrogen) atoms. The summed E-state index contributed by atoms with van der Waals surface area (Å²) in [7, 11) is 0. The molecule has 0 aliphatic carbocycles. The Labute approximate surface area is 128 Å². The fourth-order valence-electron chi connectivity index (χ4n) is 2.57. The van der Waals surface area contributed by atoms with Crippen molar-refractivity contribution in [3.05, 3.63) is 65.7 Å². The molecule has 3 rings (SSSR count). The van der Waals surface area contributed by atoms with E-state index in [1.54, 1.807) is 0 Å². The second-order valence-corrected chi connectivity index (χ2v) is 5.17. The monoisotopic (exact) mass is 293 g/mol. The van der Waals surface area contributed by atoms with Crippen LogP contribution in [0.1, 0.15) is 11.1 Å². The van der Waals surface area contributed by atoms with Gasteiger partial charge in [-0.3, -0.25) is 9.59 Å². The van der Waals surface area contributed by atoms with Gasteiger partial charge in [-0.2, -0.15) is 0 Å². The van der Waals surface area contributed by atoms with Crippen molar-refractivity contribution >= 4 is 17.5 Å². The highest BCUT2D eigenvalue weighted by atomic mass is 16.5. The van der Waals surface area contributed by atoms with E-state index in [4.69, 9.17) is 4.74 Å². The van der Waals surface area contributed by atoms with Gasteiger partial charge in [0.25, 0.3) is 11.8 Å². The third-order valence-corrected chi connectivity index (χ3v) is 3.48. The Hall–Kier alpha value is -2.88. The topological polar surface area (TPSA) is 46.6 Å². The van der Waals surface area contributed by atoms with Gasteiger partial charge < -0.3 is 4.74 Å². The molecule has 2 aromatic carbocycles. The summed E-state index contributed by atoms with van der Waals surface area (Å²) in [4.78, 5) is 24.9. The summed E-state index contributed by atoms with van der Waals surface area (Å²) < 4.78 is 5.81. The highest BCUT2D eigenvalue weighted by Crippen LogP contribution is 2.33. The zero-order valence-electron chi connectivity index (χ0n) is 12.4. The zero-order valence-corrected chi connectivity index (χ0v) is 12.4. The third-order valence-electron chi connectivity index (χ3n) is 3.48. The Morgan fingerprint density at radius 1 is 0.818 bits per heavy atom. The van der Waals surface area contributed by atoms with Gasteiger partial charge in [-0.25, -0.2) is 4.90 Å². The molecule has 110 valence electrons. The number of carbonyl (C=O) groups is 2. The maximum atomic E-state index is 11.9. The fraction of sp³-hybridized carbons (Fsp3) is 0.111. The summed E-state index contributed by atoms with van der Waals surface area (Å²) in [5.74, 6) is 0.793. The van der Waals surface area contributed by atoms with Crippen LogP contribution in [-0.4, -0.2) is 11.8 Å². The first kappa shape index (κ1) is 14.1. The normalized spacial score (nSPS) is 13.8. The van der Waals surface area contributed by atoms with Crippen molar-refractivity contribution in [3.8, 4) is 11.5 Å². The van der Waals surface area contributed by atoms with Crippen molar-refractivity contribution in [1.82, 2.24) is 0 Å². The second kappa shape index (κ2) is 5.48. The van der Waals surface area contributed by atoms with Crippen molar-refractivity contribution < 1.29 is 14.3 Å². The van der Waals surface area contributed by atoms with Crippen LogP contribution in [0.25, 0.3) is 0 Å². The lowest BCUT2D eigenvalue weighted by molar-refractivity contribution is -0.120. The minimum atomic E-state index is -0.312. The number of anilines is 1. The molecule has 0 unspecified atom stereocenters. The number of carbonyl (C=O) groups excluding carboxylic acids is 2. The van der Waals surface area contributed by atoms with Crippen molar-refractivity contribution in [2.24, 2.45) is 0 Å². The number of rotatable bonds is 3. The smallest absolute Gasteiger partial charge is 0.258 e. The molecule has 0 spiro atoms. The van der Waals surface area contributed by atoms with Gasteiger partial charge in [-0.1, -0.05) is 18.2 Å². The van der Waals surface area contributed by atoms with Gasteiger partial charge in [0.05, 0.1) is 5.69 Å². The van der Waals surface area contributed by atoms with E-state index in [9.17, 15) is 9.59 Å². The number of aryl methyl sites for hydroxylation is 2. The average Bonchev–Trinajstić information content (AvgIpc) is 2.80. The van der Waals surface area contributed by atoms with E-state index in [-0.39, 0.29) is 11.8 Å². The zero-order chi connectivity index (χ0) is 15.7. The Kier molecular flexibility index (Phi) is 3.51. The molecule has 1 aliphatic rings. The number of amides is 2. The molecule has 4 nitrogen and oxygen atoms in total. The van der Waals surface area contributed by atoms with Gasteiger partial charge in [0, 0.05) is 12.2 Å². The van der Waals surface area contributed by atoms with Crippen LogP contribution in [0.15, 0.2) is 54.6 Å². The molecule has 0 aromatic heterocycles. The number of nitrogens with zero attached hydrogens (tertiary/aromatic N) is 1. The van der Waals surface area contributed by atoms with E-state index in [0.29, 0.717) is 11.4 Å². The Morgan fingerprint density at radius 3 is 1.91 bits per heavy atom. The average molecular weight is 293 g/mol. The van der Waals surface area contributed by atoms with Gasteiger partial charge in [0.15, 0.2) is 0 Å². The van der Waals surface area contributed by atoms with E-state index in [0.717, 1.165) is 16.9 Å². The van der Waals surface area contributed by atoms with Gasteiger partial charge >= 0.3 is 0 Å². The number of ether oxygens (including phenoxy) is 1. The van der Waals surface area contributed by atoms with Gasteiger partial charge in [-0.05, 0) is 49.2 Å². The predicted molar refractivity (Wildman–Crippen MR) is 84.1 cm³/mol. The van der Waals surface area contributed by atoms with Crippen molar-refractivity contribution in [2.75, 3.05) is 4.90 Å². The maximum absolute atomic E-state index is 11.9. The van der Waals surface area contributed by atoms with Gasteiger partial charge in [-0.15, -0.1) is 0 Å².